The molecule has 4 fully saturated rings. The maximum atomic E-state index is 14.7. The molecule has 0 spiro atoms. The fraction of sp³-hybridized carbons (Fsp3) is 0.450. The van der Waals surface area contributed by atoms with E-state index in [1.54, 1.807) is 0 Å². The van der Waals surface area contributed by atoms with Crippen LogP contribution in [0.25, 0.3) is 0 Å². The van der Waals surface area contributed by atoms with Crippen molar-refractivity contribution in [2.24, 2.45) is 22.9 Å². The zero-order valence-electron chi connectivity index (χ0n) is 36.0. The van der Waals surface area contributed by atoms with Gasteiger partial charge in [0.2, 0.25) is 0 Å². The van der Waals surface area contributed by atoms with Gasteiger partial charge in [-0.1, -0.05) is 0 Å². The molecule has 22 nitrogen and oxygen atoms in total. The van der Waals surface area contributed by atoms with Gasteiger partial charge in [-0.05, 0) is 12.1 Å². The highest BCUT2D eigenvalue weighted by molar-refractivity contribution is 6.08. The molecule has 2 amide bonds. The predicted octanol–water partition coefficient (Wildman–Crippen LogP) is 2.41. The quantitative estimate of drug-likeness (QED) is 0.0708. The number of likely N-dealkylation sites (tertiary alicyclic amines) is 4. The average molecular weight is 963 g/mol. The largest absolute Gasteiger partial charge is 0.488 e. The summed E-state index contributed by atoms with van der Waals surface area (Å²) in [5.74, 6) is -5.16. The van der Waals surface area contributed by atoms with Gasteiger partial charge in [0.1, 0.15) is 65.1 Å². The zero-order valence-corrected chi connectivity index (χ0v) is 36.0. The van der Waals surface area contributed by atoms with Gasteiger partial charge in [0, 0.05) is 70.1 Å². The molecule has 4 aliphatic rings. The Hall–Kier alpha value is -7.68. The molecule has 0 aliphatic carbocycles. The first-order valence-electron chi connectivity index (χ1n) is 21.0. The number of carbonyl (C=O) groups excluding carboxylic acids is 2. The minimum absolute atomic E-state index is 0.0294. The lowest BCUT2D eigenvalue weighted by molar-refractivity contribution is -0.140. The smallest absolute Gasteiger partial charge is 0.420 e. The van der Waals surface area contributed by atoms with Crippen LogP contribution in [0.5, 0.6) is 23.0 Å². The van der Waals surface area contributed by atoms with Crippen LogP contribution < -0.4 is 52.5 Å². The summed E-state index contributed by atoms with van der Waals surface area (Å²) in [7, 11) is 0. The molecule has 14 N–H and O–H groups in total. The van der Waals surface area contributed by atoms with Crippen molar-refractivity contribution in [2.45, 2.75) is 62.5 Å². The number of nitrogens with zero attached hydrogens (tertiary/aromatic N) is 6. The maximum absolute atomic E-state index is 14.7. The third-order valence-electron chi connectivity index (χ3n) is 11.5. The number of alkyl halides is 6. The van der Waals surface area contributed by atoms with Crippen molar-refractivity contribution in [1.29, 1.82) is 21.6 Å². The van der Waals surface area contributed by atoms with E-state index in [0.717, 1.165) is 24.5 Å². The van der Waals surface area contributed by atoms with Gasteiger partial charge in [-0.25, -0.2) is 9.97 Å². The van der Waals surface area contributed by atoms with Gasteiger partial charge >= 0.3 is 12.4 Å². The van der Waals surface area contributed by atoms with E-state index >= 15 is 0 Å². The van der Waals surface area contributed by atoms with Crippen LogP contribution in [-0.2, 0) is 12.4 Å². The van der Waals surface area contributed by atoms with Crippen LogP contribution in [0.1, 0.15) is 57.8 Å². The molecule has 366 valence electrons. The molecule has 3 aromatic rings. The molecule has 0 bridgehead atoms. The van der Waals surface area contributed by atoms with Crippen molar-refractivity contribution in [2.75, 3.05) is 63.0 Å². The van der Waals surface area contributed by atoms with E-state index in [0.29, 0.717) is 38.1 Å². The Labute approximate surface area is 383 Å². The number of rotatable bonds is 12. The first kappa shape index (κ1) is 48.3. The number of nitrogens with two attached hydrogens (primary N) is 4. The summed E-state index contributed by atoms with van der Waals surface area (Å²) in [6.07, 6.45) is -11.2. The van der Waals surface area contributed by atoms with Crippen LogP contribution in [0.3, 0.4) is 0 Å². The second-order valence-electron chi connectivity index (χ2n) is 16.3. The molecule has 4 saturated heterocycles. The number of benzene rings is 2. The summed E-state index contributed by atoms with van der Waals surface area (Å²) in [4.78, 5) is 41.2. The molecule has 28 heteroatoms. The van der Waals surface area contributed by atoms with Crippen molar-refractivity contribution in [1.82, 2.24) is 29.6 Å². The van der Waals surface area contributed by atoms with Crippen LogP contribution in [0.15, 0.2) is 36.7 Å². The summed E-state index contributed by atoms with van der Waals surface area (Å²) >= 11 is 0. The Morgan fingerprint density at radius 1 is 0.515 bits per heavy atom. The molecule has 7 rings (SSSR count). The van der Waals surface area contributed by atoms with Crippen LogP contribution in [0, 0.1) is 21.6 Å². The number of halogens is 6. The first-order chi connectivity index (χ1) is 32.0. The number of carbonyl (C=O) groups is 2. The van der Waals surface area contributed by atoms with Gasteiger partial charge in [-0.15, -0.1) is 0 Å². The molecule has 4 aliphatic heterocycles. The van der Waals surface area contributed by atoms with Gasteiger partial charge in [0.25, 0.3) is 11.8 Å². The number of nitrogens with one attached hydrogen (secondary N) is 6. The standard InChI is InChI=1S/C40H48F6N16O6/c41-39(42,43)23-9-25(31(67-21-3-7-61(16-21)37(51)52)12-29(23)65-19-1-5-59(14-19)35(47)48)57-33(63)27-11-28(56-18-55-27)34(64)58-26-10-24(40(44,45)46)30(66-20-2-6-60(15-20)36(49)50)13-32(26)68-22-4-8-62(17-22)38(53)54/h9-13,18-22H,1-8,14-17H2,(H3,47,48)(H3,49,50)(H3,51,52)(H3,53,54)(H,57,63)(H,58,64)/t19-,20?,21-,22?/m1/s1. The topological polar surface area (TPSA) is 333 Å². The predicted molar refractivity (Wildman–Crippen MR) is 231 cm³/mol. The number of hydrogen-bond donors (Lipinski definition) is 10. The Bertz CT molecular complexity index is 2320. The number of hydrogen-bond acceptors (Lipinski definition) is 12. The summed E-state index contributed by atoms with van der Waals surface area (Å²) in [5, 5.41) is 35.6. The van der Waals surface area contributed by atoms with Gasteiger partial charge in [0.05, 0.1) is 48.7 Å². The lowest BCUT2D eigenvalue weighted by atomic mass is 10.1. The Morgan fingerprint density at radius 2 is 0.809 bits per heavy atom. The van der Waals surface area contributed by atoms with Crippen LogP contribution in [0.4, 0.5) is 37.7 Å². The second kappa shape index (κ2) is 19.3. The maximum Gasteiger partial charge on any atom is 0.420 e. The van der Waals surface area contributed by atoms with E-state index in [1.165, 1.54) is 19.6 Å². The first-order valence-corrected chi connectivity index (χ1v) is 21.0. The van der Waals surface area contributed by atoms with Gasteiger partial charge < -0.3 is 72.1 Å². The third kappa shape index (κ3) is 11.3. The molecule has 5 heterocycles. The van der Waals surface area contributed by atoms with E-state index < -0.39 is 94.0 Å². The average Bonchev–Trinajstić information content (AvgIpc) is 4.10. The van der Waals surface area contributed by atoms with E-state index in [4.69, 9.17) is 63.5 Å². The Morgan fingerprint density at radius 3 is 1.07 bits per heavy atom. The second-order valence-corrected chi connectivity index (χ2v) is 16.3. The number of amides is 2. The molecular formula is C40H48F6N16O6. The Kier molecular flexibility index (Phi) is 13.7. The monoisotopic (exact) mass is 962 g/mol. The van der Waals surface area contributed by atoms with E-state index in [1.807, 2.05) is 0 Å². The lowest BCUT2D eigenvalue weighted by Crippen LogP contribution is -2.36. The highest BCUT2D eigenvalue weighted by Crippen LogP contribution is 2.45. The third-order valence-corrected chi connectivity index (χ3v) is 11.5. The Balaban J connectivity index is 1.17. The highest BCUT2D eigenvalue weighted by atomic mass is 19.4. The molecule has 1 aromatic heterocycles. The van der Waals surface area contributed by atoms with Crippen LogP contribution in [-0.4, -0.2) is 142 Å². The van der Waals surface area contributed by atoms with Crippen molar-refractivity contribution in [3.8, 4) is 23.0 Å². The van der Waals surface area contributed by atoms with E-state index in [9.17, 15) is 35.9 Å². The molecule has 0 radical (unpaired) electrons. The molecule has 68 heavy (non-hydrogen) atoms. The van der Waals surface area contributed by atoms with Crippen molar-refractivity contribution in [3.05, 3.63) is 59.2 Å². The van der Waals surface area contributed by atoms with Crippen molar-refractivity contribution in [3.63, 3.8) is 0 Å². The summed E-state index contributed by atoms with van der Waals surface area (Å²) in [5.41, 5.74) is 17.8. The fourth-order valence-corrected chi connectivity index (χ4v) is 8.02. The number of anilines is 2. The van der Waals surface area contributed by atoms with Crippen molar-refractivity contribution >= 4 is 47.0 Å². The normalized spacial score (nSPS) is 20.6. The van der Waals surface area contributed by atoms with E-state index in [2.05, 4.69) is 20.6 Å². The molecular weight excluding hydrogens is 915 g/mol. The summed E-state index contributed by atoms with van der Waals surface area (Å²) in [6.45, 7) is 1.35. The fourth-order valence-electron chi connectivity index (χ4n) is 8.02. The van der Waals surface area contributed by atoms with E-state index in [-0.39, 0.29) is 87.4 Å². The lowest BCUT2D eigenvalue weighted by Gasteiger charge is -2.24. The highest BCUT2D eigenvalue weighted by Gasteiger charge is 2.40. The van der Waals surface area contributed by atoms with Crippen LogP contribution in [0.2, 0.25) is 0 Å². The SMILES string of the molecule is N=C(N)N1CCC(Oc2cc(OC3CCN(C(=N)N)C3)c(C(F)(F)F)cc2NC(=O)c2cc(C(=O)Nc3cc(C(F)(F)F)c(O[C@@H]4CCN(C(=N)N)C4)cc3O[C@@H]3CCN(C(=N)N)C3)ncn2)C1. The minimum Gasteiger partial charge on any atom is -0.488 e. The molecule has 2 aromatic carbocycles. The number of guanidine groups is 4. The molecule has 4 atom stereocenters. The summed E-state index contributed by atoms with van der Waals surface area (Å²) in [6, 6.07) is 4.00. The zero-order chi connectivity index (χ0) is 49.2. The van der Waals surface area contributed by atoms with Crippen LogP contribution >= 0.6 is 0 Å². The number of ether oxygens (including phenoxy) is 4. The molecule has 0 saturated carbocycles. The summed E-state index contributed by atoms with van der Waals surface area (Å²) < 4.78 is 112. The van der Waals surface area contributed by atoms with Crippen molar-refractivity contribution < 1.29 is 54.9 Å². The van der Waals surface area contributed by atoms with Gasteiger partial charge in [-0.2, -0.15) is 26.3 Å². The van der Waals surface area contributed by atoms with Gasteiger partial charge in [0.15, 0.2) is 23.8 Å². The minimum atomic E-state index is -5.03. The van der Waals surface area contributed by atoms with Gasteiger partial charge in [-0.3, -0.25) is 31.2 Å². The molecule has 2 unspecified atom stereocenters. The number of aromatic nitrogens is 2.